The van der Waals surface area contributed by atoms with E-state index in [1.807, 2.05) is 0 Å². The van der Waals surface area contributed by atoms with Crippen LogP contribution < -0.4 is 24.7 Å². The van der Waals surface area contributed by atoms with Crippen molar-refractivity contribution in [2.45, 2.75) is 103 Å². The largest absolute Gasteiger partial charge is 0.544 e. The fourth-order valence-electron chi connectivity index (χ4n) is 5.86. The second kappa shape index (κ2) is 22.8. The van der Waals surface area contributed by atoms with Crippen LogP contribution in [0.4, 0.5) is 10.5 Å². The Morgan fingerprint density at radius 1 is 0.841 bits per heavy atom. The fourth-order valence-corrected chi connectivity index (χ4v) is 6.89. The molecule has 3 aromatic rings. The van der Waals surface area contributed by atoms with E-state index in [1.165, 1.54) is 32.4 Å². The van der Waals surface area contributed by atoms with E-state index in [0.717, 1.165) is 4.90 Å². The standard InChI is InChI=1S/C46H63N3O13Si/c1-12-59-43(55)40(52)49(29-34(41(53)57-8)31-20-24-33(25-21-31)62-63(10,11)46(5,6)7)32-22-18-30(19-23-32)28-35(48-44(56)61-45(2,3)4)39(51)47-26-13-14-27-60-37-17-15-16-36(50)38(37)42(54)58-9/h15-25,34-35,50H,12-14,26-29H2,1-11H3,(H,47,51)(H,48,56)/t34?,35-/m0/s1. The van der Waals surface area contributed by atoms with Crippen LogP contribution in [0.3, 0.4) is 0 Å². The molecular formula is C46H63N3O13Si. The summed E-state index contributed by atoms with van der Waals surface area (Å²) in [4.78, 5) is 79.5. The van der Waals surface area contributed by atoms with Gasteiger partial charge in [-0.1, -0.05) is 51.1 Å². The number of methoxy groups -OCH3 is 2. The zero-order valence-corrected chi connectivity index (χ0v) is 39.2. The molecule has 63 heavy (non-hydrogen) atoms. The van der Waals surface area contributed by atoms with Crippen LogP contribution in [-0.4, -0.2) is 101 Å². The second-order valence-electron chi connectivity index (χ2n) is 17.2. The lowest BCUT2D eigenvalue weighted by Crippen LogP contribution is -2.49. The Morgan fingerprint density at radius 2 is 1.49 bits per heavy atom. The number of esters is 3. The minimum Gasteiger partial charge on any atom is -0.544 e. The van der Waals surface area contributed by atoms with Crippen LogP contribution in [0.15, 0.2) is 66.7 Å². The molecule has 3 rings (SSSR count). The first-order valence-corrected chi connectivity index (χ1v) is 23.7. The van der Waals surface area contributed by atoms with Crippen LogP contribution >= 0.6 is 0 Å². The predicted octanol–water partition coefficient (Wildman–Crippen LogP) is 6.83. The number of hydrogen-bond acceptors (Lipinski definition) is 13. The van der Waals surface area contributed by atoms with E-state index in [2.05, 4.69) is 44.5 Å². The number of carbonyl (C=O) groups excluding carboxylic acids is 6. The van der Waals surface area contributed by atoms with Crippen molar-refractivity contribution < 1.29 is 62.0 Å². The van der Waals surface area contributed by atoms with E-state index in [4.69, 9.17) is 28.1 Å². The van der Waals surface area contributed by atoms with Gasteiger partial charge in [0.1, 0.15) is 34.5 Å². The van der Waals surface area contributed by atoms with Crippen molar-refractivity contribution in [1.29, 1.82) is 0 Å². The zero-order valence-electron chi connectivity index (χ0n) is 38.2. The normalized spacial score (nSPS) is 12.5. The van der Waals surface area contributed by atoms with Gasteiger partial charge in [-0.25, -0.2) is 14.4 Å². The summed E-state index contributed by atoms with van der Waals surface area (Å²) in [6.45, 7) is 17.4. The molecule has 2 atom stereocenters. The lowest BCUT2D eigenvalue weighted by Gasteiger charge is -2.36. The number of aromatic hydroxyl groups is 1. The molecule has 0 spiro atoms. The van der Waals surface area contributed by atoms with Gasteiger partial charge in [0.25, 0.3) is 0 Å². The molecule has 3 N–H and O–H groups in total. The van der Waals surface area contributed by atoms with Crippen molar-refractivity contribution >= 4 is 49.8 Å². The third kappa shape index (κ3) is 15.3. The molecule has 0 heterocycles. The number of phenolic OH excluding ortho intramolecular Hbond substituents is 1. The minimum absolute atomic E-state index is 0.0160. The highest BCUT2D eigenvalue weighted by atomic mass is 28.4. The van der Waals surface area contributed by atoms with Crippen LogP contribution in [0.5, 0.6) is 17.2 Å². The summed E-state index contributed by atoms with van der Waals surface area (Å²) < 4.78 is 32.5. The predicted molar refractivity (Wildman–Crippen MR) is 238 cm³/mol. The van der Waals surface area contributed by atoms with Crippen molar-refractivity contribution in [2.24, 2.45) is 0 Å². The van der Waals surface area contributed by atoms with Gasteiger partial charge in [0, 0.05) is 25.2 Å². The van der Waals surface area contributed by atoms with Crippen molar-refractivity contribution in [3.8, 4) is 17.2 Å². The molecule has 0 aliphatic heterocycles. The topological polar surface area (TPSA) is 205 Å². The van der Waals surface area contributed by atoms with E-state index in [0.29, 0.717) is 29.7 Å². The van der Waals surface area contributed by atoms with E-state index in [-0.39, 0.29) is 60.5 Å². The lowest BCUT2D eigenvalue weighted by molar-refractivity contribution is -0.153. The number of benzene rings is 3. The number of carbonyl (C=O) groups is 6. The highest BCUT2D eigenvalue weighted by Crippen LogP contribution is 2.38. The van der Waals surface area contributed by atoms with Crippen LogP contribution in [-0.2, 0) is 44.5 Å². The molecule has 0 aliphatic carbocycles. The number of amides is 3. The SMILES string of the molecule is CCOC(=O)C(=O)N(CC(C(=O)OC)c1ccc(O[Si](C)(C)C(C)(C)C)cc1)c1ccc(C[C@H](NC(=O)OC(C)(C)C)C(=O)NCCCCOc2cccc(O)c2C(=O)OC)cc1. The number of nitrogens with one attached hydrogen (secondary N) is 2. The molecule has 17 heteroatoms. The molecule has 0 radical (unpaired) electrons. The van der Waals surface area contributed by atoms with E-state index in [1.54, 1.807) is 76.2 Å². The molecule has 16 nitrogen and oxygen atoms in total. The Balaban J connectivity index is 1.81. The number of phenols is 1. The third-order valence-electron chi connectivity index (χ3n) is 10.2. The monoisotopic (exact) mass is 893 g/mol. The van der Waals surface area contributed by atoms with Gasteiger partial charge in [-0.2, -0.15) is 0 Å². The summed E-state index contributed by atoms with van der Waals surface area (Å²) in [7, 11) is 0.281. The summed E-state index contributed by atoms with van der Waals surface area (Å²) in [6.07, 6.45) is 0.149. The number of hydrogen-bond donors (Lipinski definition) is 3. The smallest absolute Gasteiger partial charge is 0.408 e. The molecule has 0 saturated heterocycles. The van der Waals surface area contributed by atoms with Crippen LogP contribution in [0, 0.1) is 0 Å². The maximum absolute atomic E-state index is 13.6. The molecule has 0 saturated carbocycles. The van der Waals surface area contributed by atoms with Crippen LogP contribution in [0.1, 0.15) is 88.7 Å². The minimum atomic E-state index is -2.16. The molecule has 0 fully saturated rings. The van der Waals surface area contributed by atoms with Crippen molar-refractivity contribution in [2.75, 3.05) is 45.4 Å². The van der Waals surface area contributed by atoms with Gasteiger partial charge in [-0.05, 0) is 106 Å². The highest BCUT2D eigenvalue weighted by molar-refractivity contribution is 6.74. The summed E-state index contributed by atoms with van der Waals surface area (Å²) in [5, 5.41) is 15.5. The van der Waals surface area contributed by atoms with Gasteiger partial charge in [0.2, 0.25) is 14.2 Å². The quantitative estimate of drug-likeness (QED) is 0.0372. The zero-order chi connectivity index (χ0) is 47.1. The van der Waals surface area contributed by atoms with Gasteiger partial charge in [-0.15, -0.1) is 0 Å². The van der Waals surface area contributed by atoms with Crippen molar-refractivity contribution in [3.05, 3.63) is 83.4 Å². The van der Waals surface area contributed by atoms with Gasteiger partial charge in [0.15, 0.2) is 0 Å². The van der Waals surface area contributed by atoms with Gasteiger partial charge < -0.3 is 48.8 Å². The first-order valence-electron chi connectivity index (χ1n) is 20.8. The Kier molecular flexibility index (Phi) is 18.6. The molecule has 1 unspecified atom stereocenters. The molecule has 344 valence electrons. The number of rotatable bonds is 19. The second-order valence-corrected chi connectivity index (χ2v) is 21.9. The summed E-state index contributed by atoms with van der Waals surface area (Å²) >= 11 is 0. The maximum Gasteiger partial charge on any atom is 0.408 e. The Labute approximate surface area is 371 Å². The van der Waals surface area contributed by atoms with Crippen molar-refractivity contribution in [1.82, 2.24) is 10.6 Å². The molecule has 3 amide bonds. The number of ether oxygens (including phenoxy) is 5. The molecule has 3 aromatic carbocycles. The number of unbranched alkanes of at least 4 members (excludes halogenated alkanes) is 1. The average Bonchev–Trinajstić information content (AvgIpc) is 3.21. The van der Waals surface area contributed by atoms with E-state index in [9.17, 15) is 33.9 Å². The van der Waals surface area contributed by atoms with Crippen molar-refractivity contribution in [3.63, 3.8) is 0 Å². The Morgan fingerprint density at radius 3 is 2.06 bits per heavy atom. The summed E-state index contributed by atoms with van der Waals surface area (Å²) in [5.41, 5.74) is 0.447. The third-order valence-corrected chi connectivity index (χ3v) is 14.6. The van der Waals surface area contributed by atoms with Crippen LogP contribution in [0.2, 0.25) is 18.1 Å². The Bertz CT molecular complexity index is 2040. The lowest BCUT2D eigenvalue weighted by atomic mass is 9.97. The van der Waals surface area contributed by atoms with Gasteiger partial charge in [-0.3, -0.25) is 14.4 Å². The molecule has 0 bridgehead atoms. The molecule has 0 aliphatic rings. The first kappa shape index (κ1) is 51.2. The van der Waals surface area contributed by atoms with Gasteiger partial charge in [0.05, 0.1) is 33.4 Å². The number of nitrogens with zero attached hydrogens (tertiary/aromatic N) is 1. The molecular weight excluding hydrogens is 831 g/mol. The first-order chi connectivity index (χ1) is 29.5. The number of alkyl carbamates (subject to hydrolysis) is 1. The van der Waals surface area contributed by atoms with Gasteiger partial charge >= 0.3 is 29.9 Å². The average molecular weight is 894 g/mol. The van der Waals surface area contributed by atoms with E-state index < -0.39 is 61.7 Å². The Hall–Kier alpha value is -6.10. The number of anilines is 1. The van der Waals surface area contributed by atoms with E-state index >= 15 is 0 Å². The maximum atomic E-state index is 13.6. The molecule has 0 aromatic heterocycles. The highest BCUT2D eigenvalue weighted by Gasteiger charge is 2.39. The summed E-state index contributed by atoms with van der Waals surface area (Å²) in [6, 6.07) is 16.8. The fraction of sp³-hybridized carbons (Fsp3) is 0.478. The van der Waals surface area contributed by atoms with Crippen LogP contribution in [0.25, 0.3) is 0 Å². The summed E-state index contributed by atoms with van der Waals surface area (Å²) in [5.74, 6) is -4.46.